The molecule has 0 radical (unpaired) electrons. The second-order valence-corrected chi connectivity index (χ2v) is 6.79. The molecule has 0 aliphatic heterocycles. The largest absolute Gasteiger partial charge is 0.484 e. The van der Waals surface area contributed by atoms with Crippen molar-refractivity contribution in [3.63, 3.8) is 0 Å². The fourth-order valence-corrected chi connectivity index (χ4v) is 2.69. The number of carbonyl (C=O) groups is 2. The van der Waals surface area contributed by atoms with Gasteiger partial charge in [0.25, 0.3) is 5.91 Å². The summed E-state index contributed by atoms with van der Waals surface area (Å²) in [4.78, 5) is 26.2. The zero-order chi connectivity index (χ0) is 18.2. The summed E-state index contributed by atoms with van der Waals surface area (Å²) in [6.45, 7) is 1.95. The fraction of sp³-hybridized carbons (Fsp3) is 0.263. The van der Waals surface area contributed by atoms with Crippen molar-refractivity contribution in [3.8, 4) is 5.75 Å². The maximum absolute atomic E-state index is 12.7. The number of hydrogen-bond acceptors (Lipinski definition) is 3. The van der Waals surface area contributed by atoms with Crippen LogP contribution in [0.4, 0.5) is 0 Å². The van der Waals surface area contributed by atoms with Crippen LogP contribution in [0.1, 0.15) is 12.5 Å². The van der Waals surface area contributed by atoms with Crippen molar-refractivity contribution in [2.24, 2.45) is 0 Å². The lowest BCUT2D eigenvalue weighted by atomic mass is 10.1. The second kappa shape index (κ2) is 9.41. The molecule has 2 aromatic carbocycles. The number of nitrogens with one attached hydrogen (secondary N) is 1. The third-order valence-electron chi connectivity index (χ3n) is 3.79. The maximum Gasteiger partial charge on any atom is 0.261 e. The number of likely N-dealkylation sites (N-methyl/N-ethyl adjacent to an activating group) is 1. The van der Waals surface area contributed by atoms with E-state index < -0.39 is 6.04 Å². The molecule has 0 fully saturated rings. The number of benzene rings is 2. The number of halogens is 1. The topological polar surface area (TPSA) is 58.6 Å². The third-order valence-corrected chi connectivity index (χ3v) is 4.50. The standard InChI is InChI=1S/C19H21IN2O3/c1-14(19(24)21-2)22(12-15-6-4-3-5-7-15)18(23)13-25-17-10-8-16(20)9-11-17/h3-11,14H,12-13H2,1-2H3,(H,21,24). The van der Waals surface area contributed by atoms with E-state index in [-0.39, 0.29) is 18.4 Å². The Kier molecular flexibility index (Phi) is 7.24. The molecule has 5 nitrogen and oxygen atoms in total. The maximum atomic E-state index is 12.7. The van der Waals surface area contributed by atoms with Crippen molar-refractivity contribution in [2.45, 2.75) is 19.5 Å². The van der Waals surface area contributed by atoms with Crippen molar-refractivity contribution in [3.05, 3.63) is 63.7 Å². The highest BCUT2D eigenvalue weighted by Crippen LogP contribution is 2.15. The summed E-state index contributed by atoms with van der Waals surface area (Å²) < 4.78 is 6.67. The Morgan fingerprint density at radius 3 is 2.36 bits per heavy atom. The first-order valence-electron chi connectivity index (χ1n) is 7.94. The Hall–Kier alpha value is -2.09. The molecule has 0 aliphatic rings. The molecule has 2 aromatic rings. The van der Waals surface area contributed by atoms with E-state index in [0.717, 1.165) is 9.13 Å². The molecule has 0 heterocycles. The highest BCUT2D eigenvalue weighted by molar-refractivity contribution is 14.1. The minimum Gasteiger partial charge on any atom is -0.484 e. The van der Waals surface area contributed by atoms with E-state index in [1.807, 2.05) is 54.6 Å². The smallest absolute Gasteiger partial charge is 0.261 e. The van der Waals surface area contributed by atoms with E-state index >= 15 is 0 Å². The SMILES string of the molecule is CNC(=O)C(C)N(Cc1ccccc1)C(=O)COc1ccc(I)cc1. The average Bonchev–Trinajstić information content (AvgIpc) is 2.65. The molecule has 1 unspecified atom stereocenters. The van der Waals surface area contributed by atoms with Gasteiger partial charge in [-0.15, -0.1) is 0 Å². The van der Waals surface area contributed by atoms with Crippen LogP contribution >= 0.6 is 22.6 Å². The number of amides is 2. The normalized spacial score (nSPS) is 11.5. The summed E-state index contributed by atoms with van der Waals surface area (Å²) >= 11 is 2.21. The van der Waals surface area contributed by atoms with Gasteiger partial charge in [0.05, 0.1) is 0 Å². The van der Waals surface area contributed by atoms with E-state index in [9.17, 15) is 9.59 Å². The van der Waals surface area contributed by atoms with Crippen LogP contribution < -0.4 is 10.1 Å². The summed E-state index contributed by atoms with van der Waals surface area (Å²) in [5.41, 5.74) is 0.959. The lowest BCUT2D eigenvalue weighted by molar-refractivity contribution is -0.142. The molecule has 6 heteroatoms. The molecule has 1 atom stereocenters. The minimum atomic E-state index is -0.585. The molecule has 1 N–H and O–H groups in total. The Labute approximate surface area is 161 Å². The van der Waals surface area contributed by atoms with Crippen molar-refractivity contribution >= 4 is 34.4 Å². The summed E-state index contributed by atoms with van der Waals surface area (Å²) in [5.74, 6) is 0.179. The first-order chi connectivity index (χ1) is 12.0. The zero-order valence-corrected chi connectivity index (χ0v) is 16.4. The van der Waals surface area contributed by atoms with Crippen molar-refractivity contribution in [2.75, 3.05) is 13.7 Å². The summed E-state index contributed by atoms with van der Waals surface area (Å²) in [5, 5.41) is 2.59. The third kappa shape index (κ3) is 5.74. The second-order valence-electron chi connectivity index (χ2n) is 5.54. The number of ether oxygens (including phenoxy) is 1. The van der Waals surface area contributed by atoms with Gasteiger partial charge in [-0.1, -0.05) is 30.3 Å². The van der Waals surface area contributed by atoms with E-state index in [2.05, 4.69) is 27.9 Å². The van der Waals surface area contributed by atoms with E-state index in [4.69, 9.17) is 4.74 Å². The Bertz CT molecular complexity index is 704. The van der Waals surface area contributed by atoms with Crippen LogP contribution in [0.2, 0.25) is 0 Å². The van der Waals surface area contributed by atoms with Gasteiger partial charge in [-0.3, -0.25) is 9.59 Å². The molecule has 25 heavy (non-hydrogen) atoms. The van der Waals surface area contributed by atoms with Crippen LogP contribution in [0.25, 0.3) is 0 Å². The van der Waals surface area contributed by atoms with Gasteiger partial charge in [0, 0.05) is 17.2 Å². The van der Waals surface area contributed by atoms with Crippen LogP contribution in [0.5, 0.6) is 5.75 Å². The Balaban J connectivity index is 2.08. The molecule has 132 valence electrons. The van der Waals surface area contributed by atoms with Crippen LogP contribution in [0.15, 0.2) is 54.6 Å². The summed E-state index contributed by atoms with van der Waals surface area (Å²) in [6.07, 6.45) is 0. The molecule has 0 spiro atoms. The Morgan fingerprint density at radius 2 is 1.76 bits per heavy atom. The van der Waals surface area contributed by atoms with Gasteiger partial charge in [-0.2, -0.15) is 0 Å². The molecule has 0 saturated heterocycles. The summed E-state index contributed by atoms with van der Waals surface area (Å²) in [6, 6.07) is 16.5. The van der Waals surface area contributed by atoms with Crippen LogP contribution in [-0.2, 0) is 16.1 Å². The molecule has 0 aliphatic carbocycles. The lowest BCUT2D eigenvalue weighted by Gasteiger charge is -2.28. The van der Waals surface area contributed by atoms with Crippen LogP contribution in [0.3, 0.4) is 0 Å². The molecular formula is C19H21IN2O3. The van der Waals surface area contributed by atoms with Crippen molar-refractivity contribution < 1.29 is 14.3 Å². The number of nitrogens with zero attached hydrogens (tertiary/aromatic N) is 1. The molecule has 2 amide bonds. The molecular weight excluding hydrogens is 431 g/mol. The highest BCUT2D eigenvalue weighted by atomic mass is 127. The van der Waals surface area contributed by atoms with Gasteiger partial charge in [0.15, 0.2) is 6.61 Å². The monoisotopic (exact) mass is 452 g/mol. The fourth-order valence-electron chi connectivity index (χ4n) is 2.33. The van der Waals surface area contributed by atoms with E-state index in [0.29, 0.717) is 12.3 Å². The molecule has 0 aromatic heterocycles. The van der Waals surface area contributed by atoms with Gasteiger partial charge in [0.1, 0.15) is 11.8 Å². The van der Waals surface area contributed by atoms with Gasteiger partial charge in [-0.25, -0.2) is 0 Å². The minimum absolute atomic E-state index is 0.116. The molecule has 2 rings (SSSR count). The van der Waals surface area contributed by atoms with Gasteiger partial charge < -0.3 is 15.0 Å². The van der Waals surface area contributed by atoms with Crippen molar-refractivity contribution in [1.82, 2.24) is 10.2 Å². The quantitative estimate of drug-likeness (QED) is 0.658. The highest BCUT2D eigenvalue weighted by Gasteiger charge is 2.25. The summed E-state index contributed by atoms with van der Waals surface area (Å²) in [7, 11) is 1.56. The average molecular weight is 452 g/mol. The number of rotatable bonds is 7. The predicted octanol–water partition coefficient (Wildman–Crippen LogP) is 2.83. The zero-order valence-electron chi connectivity index (χ0n) is 14.2. The lowest BCUT2D eigenvalue weighted by Crippen LogP contribution is -2.48. The molecule has 0 saturated carbocycles. The first-order valence-corrected chi connectivity index (χ1v) is 9.02. The first kappa shape index (κ1) is 19.2. The van der Waals surface area contributed by atoms with E-state index in [1.165, 1.54) is 4.90 Å². The number of carbonyl (C=O) groups excluding carboxylic acids is 2. The van der Waals surface area contributed by atoms with Crippen LogP contribution in [0, 0.1) is 3.57 Å². The Morgan fingerprint density at radius 1 is 1.12 bits per heavy atom. The van der Waals surface area contributed by atoms with Gasteiger partial charge >= 0.3 is 0 Å². The van der Waals surface area contributed by atoms with E-state index in [1.54, 1.807) is 14.0 Å². The number of hydrogen-bond donors (Lipinski definition) is 1. The predicted molar refractivity (Wildman–Crippen MR) is 105 cm³/mol. The van der Waals surface area contributed by atoms with Crippen molar-refractivity contribution in [1.29, 1.82) is 0 Å². The van der Waals surface area contributed by atoms with Crippen LogP contribution in [-0.4, -0.2) is 36.4 Å². The molecule has 0 bridgehead atoms. The van der Waals surface area contributed by atoms with Gasteiger partial charge in [-0.05, 0) is 59.3 Å². The van der Waals surface area contributed by atoms with Gasteiger partial charge in [0.2, 0.25) is 5.91 Å².